The molecule has 1 aromatic carbocycles. The van der Waals surface area contributed by atoms with Crippen molar-refractivity contribution >= 4 is 39.2 Å². The maximum Gasteiger partial charge on any atom is 0.411 e. The highest BCUT2D eigenvalue weighted by molar-refractivity contribution is 7.17. The minimum Gasteiger partial charge on any atom is -0.444 e. The monoisotopic (exact) mass is 340 g/mol. The summed E-state index contributed by atoms with van der Waals surface area (Å²) >= 11 is 1.63. The SMILES string of the molecule is O=C(Nc1ccccc1)OC1CCN(c2ncnc3ccsc23)C1. The van der Waals surface area contributed by atoms with Gasteiger partial charge >= 0.3 is 6.09 Å². The van der Waals surface area contributed by atoms with Crippen LogP contribution in [-0.2, 0) is 4.74 Å². The number of fused-ring (bicyclic) bond motifs is 1. The largest absolute Gasteiger partial charge is 0.444 e. The van der Waals surface area contributed by atoms with E-state index in [1.54, 1.807) is 17.7 Å². The van der Waals surface area contributed by atoms with Gasteiger partial charge in [-0.3, -0.25) is 5.32 Å². The molecule has 0 spiro atoms. The molecule has 2 aromatic heterocycles. The van der Waals surface area contributed by atoms with Crippen molar-refractivity contribution in [1.82, 2.24) is 9.97 Å². The lowest BCUT2D eigenvalue weighted by Crippen LogP contribution is -2.27. The summed E-state index contributed by atoms with van der Waals surface area (Å²) in [7, 11) is 0. The second kappa shape index (κ2) is 6.45. The second-order valence-corrected chi connectivity index (χ2v) is 6.50. The molecular formula is C17H16N4O2S. The Balaban J connectivity index is 1.40. The van der Waals surface area contributed by atoms with Crippen LogP contribution < -0.4 is 10.2 Å². The molecule has 24 heavy (non-hydrogen) atoms. The highest BCUT2D eigenvalue weighted by atomic mass is 32.1. The highest BCUT2D eigenvalue weighted by Gasteiger charge is 2.28. The first kappa shape index (κ1) is 14.9. The number of hydrogen-bond donors (Lipinski definition) is 1. The van der Waals surface area contributed by atoms with Crippen molar-refractivity contribution < 1.29 is 9.53 Å². The van der Waals surface area contributed by atoms with Crippen LogP contribution in [0.2, 0.25) is 0 Å². The summed E-state index contributed by atoms with van der Waals surface area (Å²) < 4.78 is 6.60. The molecule has 4 rings (SSSR count). The Bertz CT molecular complexity index is 852. The van der Waals surface area contributed by atoms with Crippen molar-refractivity contribution in [2.75, 3.05) is 23.3 Å². The number of nitrogens with zero attached hydrogens (tertiary/aromatic N) is 3. The predicted octanol–water partition coefficient (Wildman–Crippen LogP) is 3.52. The molecule has 7 heteroatoms. The number of hydrogen-bond acceptors (Lipinski definition) is 6. The number of para-hydroxylation sites is 1. The van der Waals surface area contributed by atoms with Crippen LogP contribution in [0.15, 0.2) is 48.1 Å². The van der Waals surface area contributed by atoms with Crippen LogP contribution in [-0.4, -0.2) is 35.3 Å². The lowest BCUT2D eigenvalue weighted by atomic mass is 10.3. The number of rotatable bonds is 3. The van der Waals surface area contributed by atoms with Gasteiger partial charge in [0.25, 0.3) is 0 Å². The average Bonchev–Trinajstić information content (AvgIpc) is 3.24. The van der Waals surface area contributed by atoms with E-state index in [0.717, 1.165) is 34.7 Å². The van der Waals surface area contributed by atoms with E-state index in [9.17, 15) is 4.79 Å². The van der Waals surface area contributed by atoms with E-state index in [0.29, 0.717) is 6.54 Å². The van der Waals surface area contributed by atoms with Gasteiger partial charge < -0.3 is 9.64 Å². The fourth-order valence-corrected chi connectivity index (χ4v) is 3.70. The van der Waals surface area contributed by atoms with Crippen molar-refractivity contribution in [3.05, 3.63) is 48.1 Å². The maximum atomic E-state index is 12.0. The standard InChI is InChI=1S/C17H16N4O2S/c22-17(20-12-4-2-1-3-5-12)23-13-6-8-21(10-13)16-15-14(7-9-24-15)18-11-19-16/h1-5,7,9,11,13H,6,8,10H2,(H,20,22). The van der Waals surface area contributed by atoms with Gasteiger partial charge in [-0.25, -0.2) is 14.8 Å². The van der Waals surface area contributed by atoms with Crippen LogP contribution in [0.1, 0.15) is 6.42 Å². The van der Waals surface area contributed by atoms with Gasteiger partial charge in [0, 0.05) is 18.7 Å². The van der Waals surface area contributed by atoms with Crippen molar-refractivity contribution in [3.8, 4) is 0 Å². The van der Waals surface area contributed by atoms with Gasteiger partial charge in [-0.1, -0.05) is 18.2 Å². The number of ether oxygens (including phenoxy) is 1. The molecule has 1 N–H and O–H groups in total. The van der Waals surface area contributed by atoms with Gasteiger partial charge in [0.2, 0.25) is 0 Å². The first-order valence-electron chi connectivity index (χ1n) is 7.75. The third-order valence-corrected chi connectivity index (χ3v) is 4.86. The minimum atomic E-state index is -0.419. The molecule has 3 heterocycles. The van der Waals surface area contributed by atoms with E-state index in [1.807, 2.05) is 41.8 Å². The lowest BCUT2D eigenvalue weighted by Gasteiger charge is -2.18. The number of carbonyl (C=O) groups excluding carboxylic acids is 1. The van der Waals surface area contributed by atoms with Crippen molar-refractivity contribution in [2.45, 2.75) is 12.5 Å². The van der Waals surface area contributed by atoms with Crippen LogP contribution in [0.4, 0.5) is 16.3 Å². The van der Waals surface area contributed by atoms with Crippen molar-refractivity contribution in [1.29, 1.82) is 0 Å². The zero-order valence-corrected chi connectivity index (χ0v) is 13.7. The van der Waals surface area contributed by atoms with Crippen LogP contribution in [0, 0.1) is 0 Å². The van der Waals surface area contributed by atoms with E-state index >= 15 is 0 Å². The molecule has 3 aromatic rings. The molecule has 6 nitrogen and oxygen atoms in total. The molecule has 0 bridgehead atoms. The number of thiophene rings is 1. The molecule has 1 aliphatic rings. The average molecular weight is 340 g/mol. The minimum absolute atomic E-state index is 0.140. The van der Waals surface area contributed by atoms with Crippen LogP contribution >= 0.6 is 11.3 Å². The number of carbonyl (C=O) groups is 1. The Hall–Kier alpha value is -2.67. The summed E-state index contributed by atoms with van der Waals surface area (Å²) in [6.45, 7) is 1.46. The zero-order valence-electron chi connectivity index (χ0n) is 12.9. The number of nitrogens with one attached hydrogen (secondary N) is 1. The first-order chi connectivity index (χ1) is 11.8. The van der Waals surface area contributed by atoms with Gasteiger partial charge in [0.05, 0.1) is 16.8 Å². The Kier molecular flexibility index (Phi) is 4.00. The molecule has 1 saturated heterocycles. The Morgan fingerprint density at radius 3 is 3.00 bits per heavy atom. The predicted molar refractivity (Wildman–Crippen MR) is 94.6 cm³/mol. The molecule has 0 radical (unpaired) electrons. The maximum absolute atomic E-state index is 12.0. The van der Waals surface area contributed by atoms with E-state index in [1.165, 1.54) is 0 Å². The summed E-state index contributed by atoms with van der Waals surface area (Å²) in [6.07, 6.45) is 1.82. The number of anilines is 2. The normalized spacial score (nSPS) is 17.2. The number of amides is 1. The van der Waals surface area contributed by atoms with Crippen LogP contribution in [0.5, 0.6) is 0 Å². The van der Waals surface area contributed by atoms with E-state index < -0.39 is 6.09 Å². The molecule has 1 amide bonds. The molecule has 1 fully saturated rings. The van der Waals surface area contributed by atoms with Crippen LogP contribution in [0.25, 0.3) is 10.2 Å². The molecule has 1 unspecified atom stereocenters. The van der Waals surface area contributed by atoms with E-state index in [-0.39, 0.29) is 6.10 Å². The fraction of sp³-hybridized carbons (Fsp3) is 0.235. The Morgan fingerprint density at radius 1 is 1.25 bits per heavy atom. The smallest absolute Gasteiger partial charge is 0.411 e. The summed E-state index contributed by atoms with van der Waals surface area (Å²) in [6, 6.07) is 11.3. The van der Waals surface area contributed by atoms with Gasteiger partial charge in [0.15, 0.2) is 0 Å². The summed E-state index contributed by atoms with van der Waals surface area (Å²) in [5, 5.41) is 4.76. The highest BCUT2D eigenvalue weighted by Crippen LogP contribution is 2.30. The molecule has 0 saturated carbocycles. The van der Waals surface area contributed by atoms with Gasteiger partial charge in [0.1, 0.15) is 18.2 Å². The van der Waals surface area contributed by atoms with Crippen molar-refractivity contribution in [2.24, 2.45) is 0 Å². The van der Waals surface area contributed by atoms with Crippen molar-refractivity contribution in [3.63, 3.8) is 0 Å². The molecular weight excluding hydrogens is 324 g/mol. The third kappa shape index (κ3) is 3.03. The van der Waals surface area contributed by atoms with Gasteiger partial charge in [-0.05, 0) is 23.6 Å². The molecule has 1 atom stereocenters. The number of benzene rings is 1. The molecule has 122 valence electrons. The lowest BCUT2D eigenvalue weighted by molar-refractivity contribution is 0.122. The summed E-state index contributed by atoms with van der Waals surface area (Å²) in [4.78, 5) is 22.8. The number of aromatic nitrogens is 2. The first-order valence-corrected chi connectivity index (χ1v) is 8.63. The van der Waals surface area contributed by atoms with Crippen LogP contribution in [0.3, 0.4) is 0 Å². The van der Waals surface area contributed by atoms with Gasteiger partial charge in [-0.15, -0.1) is 11.3 Å². The second-order valence-electron chi connectivity index (χ2n) is 5.59. The third-order valence-electron chi connectivity index (χ3n) is 3.96. The zero-order chi connectivity index (χ0) is 16.4. The van der Waals surface area contributed by atoms with Gasteiger partial charge in [-0.2, -0.15) is 0 Å². The van der Waals surface area contributed by atoms with E-state index in [4.69, 9.17) is 4.74 Å². The molecule has 1 aliphatic heterocycles. The topological polar surface area (TPSA) is 67.3 Å². The fourth-order valence-electron chi connectivity index (χ4n) is 2.84. The molecule has 0 aliphatic carbocycles. The van der Waals surface area contributed by atoms with E-state index in [2.05, 4.69) is 20.2 Å². The Morgan fingerprint density at radius 2 is 2.12 bits per heavy atom. The Labute approximate surface area is 143 Å². The quantitative estimate of drug-likeness (QED) is 0.790. The summed E-state index contributed by atoms with van der Waals surface area (Å²) in [5.41, 5.74) is 1.68. The summed E-state index contributed by atoms with van der Waals surface area (Å²) in [5.74, 6) is 0.921.